The van der Waals surface area contributed by atoms with E-state index < -0.39 is 11.6 Å². The fourth-order valence-corrected chi connectivity index (χ4v) is 1.88. The molecule has 2 aromatic rings. The summed E-state index contributed by atoms with van der Waals surface area (Å²) in [5, 5.41) is 8.32. The number of nitriles is 1. The summed E-state index contributed by atoms with van der Waals surface area (Å²) in [5.74, 6) is 2.64. The lowest BCUT2D eigenvalue weighted by atomic mass is 10.0. The van der Waals surface area contributed by atoms with Crippen molar-refractivity contribution in [2.24, 2.45) is 0 Å². The van der Waals surface area contributed by atoms with E-state index in [4.69, 9.17) is 5.26 Å². The van der Waals surface area contributed by atoms with Gasteiger partial charge in [-0.25, -0.2) is 8.78 Å². The second kappa shape index (κ2) is 5.99. The van der Waals surface area contributed by atoms with Crippen LogP contribution in [0.3, 0.4) is 0 Å². The monoisotopic (exact) mass is 267 g/mol. The molecule has 1 nitrogen and oxygen atoms in total. The topological polar surface area (TPSA) is 23.8 Å². The molecule has 0 spiro atoms. The van der Waals surface area contributed by atoms with Crippen LogP contribution in [-0.2, 0) is 6.42 Å². The van der Waals surface area contributed by atoms with Crippen LogP contribution in [0, 0.1) is 34.8 Å². The molecule has 0 aromatic heterocycles. The summed E-state index contributed by atoms with van der Waals surface area (Å²) in [4.78, 5) is 0. The summed E-state index contributed by atoms with van der Waals surface area (Å²) in [6.45, 7) is 2.04. The van der Waals surface area contributed by atoms with Gasteiger partial charge in [-0.3, -0.25) is 0 Å². The predicted molar refractivity (Wildman–Crippen MR) is 73.7 cm³/mol. The third-order valence-electron chi connectivity index (χ3n) is 2.98. The van der Waals surface area contributed by atoms with E-state index in [9.17, 15) is 8.78 Å². The minimum Gasteiger partial charge on any atom is -0.205 e. The molecule has 0 amide bonds. The standard InChI is InChI=1S/C17H11F2N/c1-2-12-5-7-13(8-6-12)14-10-16(18)15(4-3-9-20)17(19)11-14/h5-8,10-11H,2H2,1H3. The molecule has 0 atom stereocenters. The van der Waals surface area contributed by atoms with Crippen molar-refractivity contribution < 1.29 is 8.78 Å². The van der Waals surface area contributed by atoms with Crippen LogP contribution in [0.4, 0.5) is 8.78 Å². The minimum absolute atomic E-state index is 0.375. The van der Waals surface area contributed by atoms with Gasteiger partial charge in [-0.2, -0.15) is 5.26 Å². The van der Waals surface area contributed by atoms with Gasteiger partial charge in [0.1, 0.15) is 11.6 Å². The van der Waals surface area contributed by atoms with Crippen molar-refractivity contribution >= 4 is 0 Å². The van der Waals surface area contributed by atoms with Gasteiger partial charge < -0.3 is 0 Å². The zero-order valence-corrected chi connectivity index (χ0v) is 10.9. The third kappa shape index (κ3) is 2.84. The van der Waals surface area contributed by atoms with Gasteiger partial charge in [0.2, 0.25) is 0 Å². The van der Waals surface area contributed by atoms with Crippen LogP contribution in [-0.4, -0.2) is 0 Å². The van der Waals surface area contributed by atoms with Crippen molar-refractivity contribution in [3.63, 3.8) is 0 Å². The van der Waals surface area contributed by atoms with E-state index in [1.54, 1.807) is 0 Å². The first-order valence-electron chi connectivity index (χ1n) is 6.14. The van der Waals surface area contributed by atoms with Crippen molar-refractivity contribution in [2.75, 3.05) is 0 Å². The molecular formula is C17H11F2N. The molecule has 0 bridgehead atoms. The molecule has 0 aliphatic heterocycles. The fraction of sp³-hybridized carbons (Fsp3) is 0.118. The fourth-order valence-electron chi connectivity index (χ4n) is 1.88. The van der Waals surface area contributed by atoms with Gasteiger partial charge >= 0.3 is 0 Å². The Kier molecular flexibility index (Phi) is 4.13. The highest BCUT2D eigenvalue weighted by atomic mass is 19.1. The first-order valence-corrected chi connectivity index (χ1v) is 6.14. The average Bonchev–Trinajstić information content (AvgIpc) is 2.46. The summed E-state index contributed by atoms with van der Waals surface area (Å²) < 4.78 is 27.6. The van der Waals surface area contributed by atoms with Crippen LogP contribution in [0.15, 0.2) is 36.4 Å². The molecule has 0 fully saturated rings. The number of rotatable bonds is 2. The number of hydrogen-bond acceptors (Lipinski definition) is 1. The molecule has 0 radical (unpaired) electrons. The van der Waals surface area contributed by atoms with E-state index in [-0.39, 0.29) is 5.56 Å². The first-order chi connectivity index (χ1) is 9.65. The second-order valence-electron chi connectivity index (χ2n) is 4.23. The van der Waals surface area contributed by atoms with E-state index in [1.807, 2.05) is 37.1 Å². The largest absolute Gasteiger partial charge is 0.205 e. The predicted octanol–water partition coefficient (Wildman–Crippen LogP) is 4.07. The number of halogens is 2. The maximum atomic E-state index is 13.8. The van der Waals surface area contributed by atoms with Crippen LogP contribution in [0.25, 0.3) is 11.1 Å². The summed E-state index contributed by atoms with van der Waals surface area (Å²) >= 11 is 0. The van der Waals surface area contributed by atoms with Gasteiger partial charge in [0, 0.05) is 5.92 Å². The second-order valence-corrected chi connectivity index (χ2v) is 4.23. The Labute approximate surface area is 116 Å². The van der Waals surface area contributed by atoms with Crippen LogP contribution < -0.4 is 0 Å². The van der Waals surface area contributed by atoms with Crippen molar-refractivity contribution in [1.29, 1.82) is 5.26 Å². The maximum absolute atomic E-state index is 13.8. The average molecular weight is 267 g/mol. The molecule has 0 saturated heterocycles. The lowest BCUT2D eigenvalue weighted by Gasteiger charge is -2.05. The number of nitrogens with zero attached hydrogens (tertiary/aromatic N) is 1. The quantitative estimate of drug-likeness (QED) is 0.752. The Morgan fingerprint density at radius 2 is 1.60 bits per heavy atom. The molecule has 0 aliphatic carbocycles. The molecule has 0 saturated carbocycles. The molecule has 20 heavy (non-hydrogen) atoms. The van der Waals surface area contributed by atoms with Crippen molar-refractivity contribution in [1.82, 2.24) is 0 Å². The van der Waals surface area contributed by atoms with Crippen LogP contribution in [0.2, 0.25) is 0 Å². The van der Waals surface area contributed by atoms with E-state index >= 15 is 0 Å². The number of benzene rings is 2. The molecule has 0 aliphatic rings. The smallest absolute Gasteiger partial charge is 0.152 e. The van der Waals surface area contributed by atoms with Gasteiger partial charge in [0.25, 0.3) is 0 Å². The Bertz CT molecular complexity index is 705. The molecule has 0 heterocycles. The molecular weight excluding hydrogens is 256 g/mol. The molecule has 2 rings (SSSR count). The number of aryl methyl sites for hydroxylation is 1. The summed E-state index contributed by atoms with van der Waals surface area (Å²) in [6.07, 6.45) is 0.908. The minimum atomic E-state index is -0.762. The summed E-state index contributed by atoms with van der Waals surface area (Å²) in [7, 11) is 0. The van der Waals surface area contributed by atoms with Gasteiger partial charge in [-0.1, -0.05) is 31.2 Å². The van der Waals surface area contributed by atoms with Gasteiger partial charge in [0.15, 0.2) is 6.07 Å². The Morgan fingerprint density at radius 1 is 1.00 bits per heavy atom. The summed E-state index contributed by atoms with van der Waals surface area (Å²) in [5.41, 5.74) is 1.97. The molecule has 0 unspecified atom stereocenters. The molecule has 3 heteroatoms. The Morgan fingerprint density at radius 3 is 2.10 bits per heavy atom. The van der Waals surface area contributed by atoms with Gasteiger partial charge in [-0.05, 0) is 41.2 Å². The van der Waals surface area contributed by atoms with Crippen molar-refractivity contribution in [2.45, 2.75) is 13.3 Å². The molecule has 0 N–H and O–H groups in total. The lowest BCUT2D eigenvalue weighted by Crippen LogP contribution is -1.92. The maximum Gasteiger partial charge on any atom is 0.152 e. The summed E-state index contributed by atoms with van der Waals surface area (Å²) in [6, 6.07) is 11.5. The Balaban J connectivity index is 2.46. The zero-order valence-electron chi connectivity index (χ0n) is 10.9. The third-order valence-corrected chi connectivity index (χ3v) is 2.98. The highest BCUT2D eigenvalue weighted by Gasteiger charge is 2.10. The highest BCUT2D eigenvalue weighted by molar-refractivity contribution is 5.65. The van der Waals surface area contributed by atoms with Crippen molar-refractivity contribution in [3.05, 3.63) is 59.2 Å². The Hall–Kier alpha value is -2.65. The van der Waals surface area contributed by atoms with E-state index in [2.05, 4.69) is 5.92 Å². The van der Waals surface area contributed by atoms with Crippen LogP contribution in [0.5, 0.6) is 0 Å². The molecule has 98 valence electrons. The lowest BCUT2D eigenvalue weighted by molar-refractivity contribution is 0.578. The number of hydrogen-bond donors (Lipinski definition) is 0. The van der Waals surface area contributed by atoms with Crippen molar-refractivity contribution in [3.8, 4) is 29.0 Å². The highest BCUT2D eigenvalue weighted by Crippen LogP contribution is 2.24. The zero-order chi connectivity index (χ0) is 14.5. The normalized spacial score (nSPS) is 9.50. The first kappa shape index (κ1) is 13.8. The van der Waals surface area contributed by atoms with E-state index in [0.29, 0.717) is 5.56 Å². The van der Waals surface area contributed by atoms with Crippen LogP contribution >= 0.6 is 0 Å². The van der Waals surface area contributed by atoms with E-state index in [1.165, 1.54) is 18.2 Å². The van der Waals surface area contributed by atoms with Crippen LogP contribution in [0.1, 0.15) is 18.1 Å². The SMILES string of the molecule is CCc1ccc(-c2cc(F)c(C#CC#N)c(F)c2)cc1. The van der Waals surface area contributed by atoms with Gasteiger partial charge in [-0.15, -0.1) is 0 Å². The van der Waals surface area contributed by atoms with Gasteiger partial charge in [0.05, 0.1) is 5.56 Å². The molecule has 2 aromatic carbocycles. The van der Waals surface area contributed by atoms with E-state index in [0.717, 1.165) is 17.5 Å².